The van der Waals surface area contributed by atoms with Gasteiger partial charge < -0.3 is 10.1 Å². The number of benzene rings is 1. The molecule has 1 aliphatic rings. The fourth-order valence-corrected chi connectivity index (χ4v) is 7.44. The number of anilines is 1. The molecule has 0 aliphatic carbocycles. The van der Waals surface area contributed by atoms with Gasteiger partial charge in [-0.3, -0.25) is 4.79 Å². The molecule has 31 heavy (non-hydrogen) atoms. The third kappa shape index (κ3) is 4.60. The summed E-state index contributed by atoms with van der Waals surface area (Å²) in [4.78, 5) is 28.9. The third-order valence-corrected chi connectivity index (χ3v) is 9.43. The Labute approximate surface area is 191 Å². The van der Waals surface area contributed by atoms with Crippen LogP contribution in [0.25, 0.3) is 10.2 Å². The summed E-state index contributed by atoms with van der Waals surface area (Å²) in [7, 11) is -2.37. The number of halogens is 1. The Kier molecular flexibility index (Phi) is 6.31. The fourth-order valence-electron chi connectivity index (χ4n) is 3.37. The third-order valence-electron chi connectivity index (χ3n) is 4.94. The number of piperidine rings is 1. The number of carbonyl (C=O) groups excluding carboxylic acids is 2. The van der Waals surface area contributed by atoms with Gasteiger partial charge in [0, 0.05) is 13.1 Å². The van der Waals surface area contributed by atoms with Gasteiger partial charge in [0.25, 0.3) is 10.0 Å². The van der Waals surface area contributed by atoms with Gasteiger partial charge in [-0.25, -0.2) is 18.2 Å². The van der Waals surface area contributed by atoms with Gasteiger partial charge >= 0.3 is 5.97 Å². The molecule has 0 spiro atoms. The maximum atomic E-state index is 12.9. The van der Waals surface area contributed by atoms with E-state index in [1.165, 1.54) is 28.8 Å². The Hall–Kier alpha value is -2.05. The summed E-state index contributed by atoms with van der Waals surface area (Å²) in [5.41, 5.74) is 1.05. The topological polar surface area (TPSA) is 106 Å². The van der Waals surface area contributed by atoms with E-state index in [1.807, 2.05) is 0 Å². The standard InChI is InChI=1S/C19H18ClN3O5S3/c1-28-18(25)11-4-5-13-14(9-11)29-19(21-13)22-17(24)12-3-2-8-23(10-12)31(26,27)16-7-6-15(20)30-16/h4-7,9,12H,2-3,8,10H2,1H3,(H,21,22,24). The lowest BCUT2D eigenvalue weighted by atomic mass is 9.99. The second-order valence-corrected chi connectivity index (χ2v) is 11.9. The zero-order chi connectivity index (χ0) is 22.2. The molecule has 1 amide bonds. The van der Waals surface area contributed by atoms with Gasteiger partial charge in [0.15, 0.2) is 5.13 Å². The van der Waals surface area contributed by atoms with Crippen LogP contribution in [-0.2, 0) is 19.6 Å². The van der Waals surface area contributed by atoms with Crippen LogP contribution in [0.15, 0.2) is 34.5 Å². The molecule has 1 unspecified atom stereocenters. The van der Waals surface area contributed by atoms with Crippen LogP contribution >= 0.6 is 34.3 Å². The lowest BCUT2D eigenvalue weighted by molar-refractivity contribution is -0.120. The Bertz CT molecular complexity index is 1250. The van der Waals surface area contributed by atoms with Crippen molar-refractivity contribution >= 4 is 71.5 Å². The molecule has 1 aromatic carbocycles. The highest BCUT2D eigenvalue weighted by atomic mass is 35.5. The number of hydrogen-bond acceptors (Lipinski definition) is 8. The largest absolute Gasteiger partial charge is 0.465 e. The lowest BCUT2D eigenvalue weighted by Gasteiger charge is -2.30. The Morgan fingerprint density at radius 2 is 2.06 bits per heavy atom. The first-order chi connectivity index (χ1) is 14.8. The Balaban J connectivity index is 1.47. The predicted molar refractivity (Wildman–Crippen MR) is 120 cm³/mol. The van der Waals surface area contributed by atoms with E-state index in [0.717, 1.165) is 16.0 Å². The average Bonchev–Trinajstić information content (AvgIpc) is 3.38. The molecule has 12 heteroatoms. The molecular formula is C19H18ClN3O5S3. The monoisotopic (exact) mass is 499 g/mol. The van der Waals surface area contributed by atoms with Crippen molar-refractivity contribution in [2.24, 2.45) is 5.92 Å². The number of thiophene rings is 1. The molecule has 1 atom stereocenters. The number of aromatic nitrogens is 1. The first-order valence-electron chi connectivity index (χ1n) is 9.33. The van der Waals surface area contributed by atoms with Crippen molar-refractivity contribution < 1.29 is 22.7 Å². The Morgan fingerprint density at radius 1 is 1.26 bits per heavy atom. The minimum atomic E-state index is -3.69. The molecule has 3 heterocycles. The summed E-state index contributed by atoms with van der Waals surface area (Å²) in [5.74, 6) is -1.22. The number of nitrogens with one attached hydrogen (secondary N) is 1. The first kappa shape index (κ1) is 22.2. The Morgan fingerprint density at radius 3 is 2.77 bits per heavy atom. The molecule has 1 fully saturated rings. The van der Waals surface area contributed by atoms with E-state index in [2.05, 4.69) is 10.3 Å². The molecule has 0 radical (unpaired) electrons. The number of amides is 1. The lowest BCUT2D eigenvalue weighted by Crippen LogP contribution is -2.43. The second-order valence-electron chi connectivity index (χ2n) is 6.94. The summed E-state index contributed by atoms with van der Waals surface area (Å²) < 4.78 is 33.1. The maximum Gasteiger partial charge on any atom is 0.337 e. The summed E-state index contributed by atoms with van der Waals surface area (Å²) in [6, 6.07) is 7.99. The predicted octanol–water partition coefficient (Wildman–Crippen LogP) is 3.84. The van der Waals surface area contributed by atoms with Crippen molar-refractivity contribution in [2.75, 3.05) is 25.5 Å². The average molecular weight is 500 g/mol. The number of carbonyl (C=O) groups is 2. The van der Waals surface area contributed by atoms with Crippen molar-refractivity contribution in [3.8, 4) is 0 Å². The highest BCUT2D eigenvalue weighted by Gasteiger charge is 2.34. The summed E-state index contributed by atoms with van der Waals surface area (Å²) in [6.45, 7) is 0.458. The van der Waals surface area contributed by atoms with Crippen molar-refractivity contribution in [3.63, 3.8) is 0 Å². The smallest absolute Gasteiger partial charge is 0.337 e. The molecule has 0 bridgehead atoms. The molecule has 2 aromatic heterocycles. The van der Waals surface area contributed by atoms with Crippen LogP contribution in [0.3, 0.4) is 0 Å². The van der Waals surface area contributed by atoms with Crippen molar-refractivity contribution in [2.45, 2.75) is 17.1 Å². The molecule has 4 rings (SSSR count). The van der Waals surface area contributed by atoms with Gasteiger partial charge in [0.2, 0.25) is 5.91 Å². The number of rotatable bonds is 5. The number of hydrogen-bond donors (Lipinski definition) is 1. The molecule has 1 aliphatic heterocycles. The first-order valence-corrected chi connectivity index (χ1v) is 12.8. The van der Waals surface area contributed by atoms with Gasteiger partial charge in [0.1, 0.15) is 4.21 Å². The number of ether oxygens (including phenoxy) is 1. The van der Waals surface area contributed by atoms with Crippen LogP contribution in [0.1, 0.15) is 23.2 Å². The van der Waals surface area contributed by atoms with Gasteiger partial charge in [-0.2, -0.15) is 4.31 Å². The van der Waals surface area contributed by atoms with Crippen molar-refractivity contribution in [1.29, 1.82) is 0 Å². The fraction of sp³-hybridized carbons (Fsp3) is 0.316. The second kappa shape index (κ2) is 8.83. The van der Waals surface area contributed by atoms with E-state index in [9.17, 15) is 18.0 Å². The van der Waals surface area contributed by atoms with Crippen LogP contribution in [0.2, 0.25) is 4.34 Å². The summed E-state index contributed by atoms with van der Waals surface area (Å²) >= 11 is 8.13. The van der Waals surface area contributed by atoms with E-state index >= 15 is 0 Å². The molecule has 164 valence electrons. The van der Waals surface area contributed by atoms with Crippen LogP contribution in [0.5, 0.6) is 0 Å². The van der Waals surface area contributed by atoms with Gasteiger partial charge in [-0.05, 0) is 43.2 Å². The van der Waals surface area contributed by atoms with E-state index < -0.39 is 21.9 Å². The van der Waals surface area contributed by atoms with Crippen molar-refractivity contribution in [1.82, 2.24) is 9.29 Å². The van der Waals surface area contributed by atoms with E-state index in [0.29, 0.717) is 39.9 Å². The number of sulfonamides is 1. The number of nitrogens with zero attached hydrogens (tertiary/aromatic N) is 2. The molecule has 1 N–H and O–H groups in total. The minimum absolute atomic E-state index is 0.0983. The van der Waals surface area contributed by atoms with E-state index in [1.54, 1.807) is 24.3 Å². The number of esters is 1. The number of methoxy groups -OCH3 is 1. The zero-order valence-electron chi connectivity index (χ0n) is 16.3. The van der Waals surface area contributed by atoms with Gasteiger partial charge in [-0.1, -0.05) is 22.9 Å². The molecule has 3 aromatic rings. The molecular weight excluding hydrogens is 482 g/mol. The van der Waals surface area contributed by atoms with Crippen LogP contribution in [-0.4, -0.2) is 49.8 Å². The normalized spacial score (nSPS) is 17.5. The van der Waals surface area contributed by atoms with Crippen LogP contribution < -0.4 is 5.32 Å². The number of thiazole rings is 1. The quantitative estimate of drug-likeness (QED) is 0.535. The number of fused-ring (bicyclic) bond motifs is 1. The minimum Gasteiger partial charge on any atom is -0.465 e. The summed E-state index contributed by atoms with van der Waals surface area (Å²) in [6.07, 6.45) is 1.17. The SMILES string of the molecule is COC(=O)c1ccc2nc(NC(=O)C3CCCN(S(=O)(=O)c4ccc(Cl)s4)C3)sc2c1. The zero-order valence-corrected chi connectivity index (χ0v) is 19.5. The van der Waals surface area contributed by atoms with Gasteiger partial charge in [0.05, 0.1) is 33.1 Å². The highest BCUT2D eigenvalue weighted by Crippen LogP contribution is 2.32. The molecule has 1 saturated heterocycles. The highest BCUT2D eigenvalue weighted by molar-refractivity contribution is 7.91. The van der Waals surface area contributed by atoms with Crippen molar-refractivity contribution in [3.05, 3.63) is 40.2 Å². The molecule has 0 saturated carbocycles. The van der Waals surface area contributed by atoms with Crippen LogP contribution in [0.4, 0.5) is 5.13 Å². The van der Waals surface area contributed by atoms with Gasteiger partial charge in [-0.15, -0.1) is 11.3 Å². The van der Waals surface area contributed by atoms with E-state index in [-0.39, 0.29) is 16.7 Å². The van der Waals surface area contributed by atoms with Crippen LogP contribution in [0, 0.1) is 5.92 Å². The van der Waals surface area contributed by atoms with E-state index in [4.69, 9.17) is 16.3 Å². The summed E-state index contributed by atoms with van der Waals surface area (Å²) in [5, 5.41) is 3.19. The maximum absolute atomic E-state index is 12.9. The molecule has 8 nitrogen and oxygen atoms in total.